The van der Waals surface area contributed by atoms with Crippen LogP contribution in [0.2, 0.25) is 5.02 Å². The molecule has 0 radical (unpaired) electrons. The van der Waals surface area contributed by atoms with Crippen molar-refractivity contribution >= 4 is 27.5 Å². The van der Waals surface area contributed by atoms with Crippen LogP contribution in [0.25, 0.3) is 11.1 Å². The van der Waals surface area contributed by atoms with Gasteiger partial charge in [-0.2, -0.15) is 0 Å². The third-order valence-electron chi connectivity index (χ3n) is 2.49. The first-order chi connectivity index (χ1) is 9.25. The summed E-state index contributed by atoms with van der Waals surface area (Å²) in [6, 6.07) is 1.52. The Kier molecular flexibility index (Phi) is 4.02. The van der Waals surface area contributed by atoms with Gasteiger partial charge in [-0.1, -0.05) is 11.6 Å². The van der Waals surface area contributed by atoms with Gasteiger partial charge >= 0.3 is 0 Å². The lowest BCUT2D eigenvalue weighted by Crippen LogP contribution is -2.05. The van der Waals surface area contributed by atoms with Crippen LogP contribution in [-0.2, 0) is 0 Å². The van der Waals surface area contributed by atoms with E-state index in [2.05, 4.69) is 15.9 Å². The zero-order chi connectivity index (χ0) is 15.2. The van der Waals surface area contributed by atoms with Crippen molar-refractivity contribution in [1.29, 1.82) is 0 Å². The molecule has 0 fully saturated rings. The molecule has 0 aromatic heterocycles. The first-order valence-electron chi connectivity index (χ1n) is 4.92. The molecule has 0 aliphatic carbocycles. The van der Waals surface area contributed by atoms with Crippen LogP contribution in [0, 0.1) is 34.9 Å². The van der Waals surface area contributed by atoms with Gasteiger partial charge in [-0.05, 0) is 28.1 Å². The maximum atomic E-state index is 13.7. The fourth-order valence-electron chi connectivity index (χ4n) is 1.56. The van der Waals surface area contributed by atoms with E-state index in [1.54, 1.807) is 0 Å². The van der Waals surface area contributed by atoms with Crippen molar-refractivity contribution in [2.24, 2.45) is 0 Å². The second kappa shape index (κ2) is 5.29. The number of hydrogen-bond donors (Lipinski definition) is 0. The van der Waals surface area contributed by atoms with Gasteiger partial charge in [0, 0.05) is 10.0 Å². The molecule has 2 rings (SSSR count). The maximum absolute atomic E-state index is 13.7. The Labute approximate surface area is 122 Å². The van der Waals surface area contributed by atoms with Gasteiger partial charge in [0.1, 0.15) is 5.82 Å². The summed E-state index contributed by atoms with van der Waals surface area (Å²) >= 11 is 8.43. The Morgan fingerprint density at radius 3 is 1.70 bits per heavy atom. The van der Waals surface area contributed by atoms with E-state index in [1.807, 2.05) is 0 Å². The van der Waals surface area contributed by atoms with Crippen molar-refractivity contribution in [2.45, 2.75) is 0 Å². The minimum atomic E-state index is -2.31. The average Bonchev–Trinajstić information content (AvgIpc) is 2.40. The number of benzene rings is 2. The molecule has 0 spiro atoms. The largest absolute Gasteiger partial charge is 0.206 e. The van der Waals surface area contributed by atoms with Crippen LogP contribution in [-0.4, -0.2) is 0 Å². The van der Waals surface area contributed by atoms with E-state index < -0.39 is 46.0 Å². The van der Waals surface area contributed by atoms with E-state index in [0.29, 0.717) is 6.07 Å². The SMILES string of the molecule is Fc1cc(Cl)c(Br)cc1-c1c(F)c(F)c(F)c(F)c1F. The number of rotatable bonds is 1. The molecule has 0 unspecified atom stereocenters. The van der Waals surface area contributed by atoms with Gasteiger partial charge in [-0.25, -0.2) is 26.3 Å². The lowest BCUT2D eigenvalue weighted by atomic mass is 10.0. The molecule has 8 heteroatoms. The van der Waals surface area contributed by atoms with Crippen LogP contribution in [0.15, 0.2) is 16.6 Å². The summed E-state index contributed by atoms with van der Waals surface area (Å²) in [4.78, 5) is 0. The molecule has 0 aliphatic rings. The highest BCUT2D eigenvalue weighted by Crippen LogP contribution is 2.36. The van der Waals surface area contributed by atoms with Gasteiger partial charge in [-0.15, -0.1) is 0 Å². The van der Waals surface area contributed by atoms with Crippen LogP contribution < -0.4 is 0 Å². The minimum Gasteiger partial charge on any atom is -0.206 e. The van der Waals surface area contributed by atoms with Gasteiger partial charge in [0.25, 0.3) is 0 Å². The highest BCUT2D eigenvalue weighted by molar-refractivity contribution is 9.10. The summed E-state index contributed by atoms with van der Waals surface area (Å²) in [5, 5.41) is -0.116. The summed E-state index contributed by atoms with van der Waals surface area (Å²) in [5.74, 6) is -12.1. The molecule has 0 heterocycles. The zero-order valence-corrected chi connectivity index (χ0v) is 11.5. The van der Waals surface area contributed by atoms with Gasteiger partial charge < -0.3 is 0 Å². The monoisotopic (exact) mass is 374 g/mol. The molecule has 0 saturated carbocycles. The molecule has 20 heavy (non-hydrogen) atoms. The molecule has 0 saturated heterocycles. The molecule has 0 aliphatic heterocycles. The first kappa shape index (κ1) is 15.2. The van der Waals surface area contributed by atoms with Gasteiger partial charge in [0.2, 0.25) is 5.82 Å². The van der Waals surface area contributed by atoms with Crippen molar-refractivity contribution in [1.82, 2.24) is 0 Å². The summed E-state index contributed by atoms with van der Waals surface area (Å²) in [6.45, 7) is 0. The predicted molar refractivity (Wildman–Crippen MR) is 64.3 cm³/mol. The lowest BCUT2D eigenvalue weighted by molar-refractivity contribution is 0.381. The molecule has 0 bridgehead atoms. The van der Waals surface area contributed by atoms with Crippen LogP contribution in [0.5, 0.6) is 0 Å². The summed E-state index contributed by atoms with van der Waals surface area (Å²) in [6.07, 6.45) is 0. The van der Waals surface area contributed by atoms with E-state index in [9.17, 15) is 26.3 Å². The van der Waals surface area contributed by atoms with Gasteiger partial charge in [0.05, 0.1) is 10.6 Å². The van der Waals surface area contributed by atoms with Crippen molar-refractivity contribution in [3.8, 4) is 11.1 Å². The Balaban J connectivity index is 2.87. The fraction of sp³-hybridized carbons (Fsp3) is 0. The van der Waals surface area contributed by atoms with Crippen LogP contribution in [0.4, 0.5) is 26.3 Å². The minimum absolute atomic E-state index is 0.0412. The Morgan fingerprint density at radius 1 is 0.750 bits per heavy atom. The molecule has 2 aromatic carbocycles. The summed E-state index contributed by atoms with van der Waals surface area (Å²) in [5.41, 5.74) is -2.15. The molecule has 106 valence electrons. The van der Waals surface area contributed by atoms with Crippen LogP contribution in [0.3, 0.4) is 0 Å². The number of halogens is 8. The molecule has 2 aromatic rings. The Hall–Kier alpha value is -1.21. The topological polar surface area (TPSA) is 0 Å². The standard InChI is InChI=1S/C12H2BrClF6/c13-4-1-3(6(15)2-5(4)14)7-8(16)10(18)12(20)11(19)9(7)17/h1-2H. The van der Waals surface area contributed by atoms with E-state index in [4.69, 9.17) is 11.6 Å². The third-order valence-corrected chi connectivity index (χ3v) is 3.69. The normalized spacial score (nSPS) is 11.0. The van der Waals surface area contributed by atoms with Crippen molar-refractivity contribution in [3.63, 3.8) is 0 Å². The molecule has 0 nitrogen and oxygen atoms in total. The second-order valence-corrected chi connectivity index (χ2v) is 4.95. The predicted octanol–water partition coefficient (Wildman–Crippen LogP) is 5.60. The highest BCUT2D eigenvalue weighted by Gasteiger charge is 2.28. The van der Waals surface area contributed by atoms with E-state index in [1.165, 1.54) is 0 Å². The van der Waals surface area contributed by atoms with Crippen molar-refractivity contribution in [3.05, 3.63) is 56.5 Å². The van der Waals surface area contributed by atoms with Crippen molar-refractivity contribution in [2.75, 3.05) is 0 Å². The van der Waals surface area contributed by atoms with Gasteiger partial charge in [0.15, 0.2) is 23.3 Å². The van der Waals surface area contributed by atoms with E-state index >= 15 is 0 Å². The average molecular weight is 375 g/mol. The van der Waals surface area contributed by atoms with Crippen LogP contribution >= 0.6 is 27.5 Å². The molecular formula is C12H2BrClF6. The third kappa shape index (κ3) is 2.29. The quantitative estimate of drug-likeness (QED) is 0.346. The molecular weight excluding hydrogens is 373 g/mol. The maximum Gasteiger partial charge on any atom is 0.200 e. The lowest BCUT2D eigenvalue weighted by Gasteiger charge is -2.10. The first-order valence-corrected chi connectivity index (χ1v) is 6.09. The van der Waals surface area contributed by atoms with E-state index in [-0.39, 0.29) is 9.50 Å². The molecule has 0 atom stereocenters. The van der Waals surface area contributed by atoms with Gasteiger partial charge in [-0.3, -0.25) is 0 Å². The second-order valence-electron chi connectivity index (χ2n) is 3.69. The van der Waals surface area contributed by atoms with E-state index in [0.717, 1.165) is 6.07 Å². The fourth-order valence-corrected chi connectivity index (χ4v) is 2.05. The van der Waals surface area contributed by atoms with Crippen molar-refractivity contribution < 1.29 is 26.3 Å². The highest BCUT2D eigenvalue weighted by atomic mass is 79.9. The number of hydrogen-bond acceptors (Lipinski definition) is 0. The smallest absolute Gasteiger partial charge is 0.200 e. The molecule has 0 N–H and O–H groups in total. The zero-order valence-electron chi connectivity index (χ0n) is 9.18. The van der Waals surface area contributed by atoms with Crippen LogP contribution in [0.1, 0.15) is 0 Å². The summed E-state index contributed by atoms with van der Waals surface area (Å²) < 4.78 is 79.9. The Bertz CT molecular complexity index is 687. The summed E-state index contributed by atoms with van der Waals surface area (Å²) in [7, 11) is 0. The molecule has 0 amide bonds. The Morgan fingerprint density at radius 2 is 1.20 bits per heavy atom.